The van der Waals surface area contributed by atoms with Gasteiger partial charge in [0.25, 0.3) is 0 Å². The van der Waals surface area contributed by atoms with Crippen LogP contribution in [0.25, 0.3) is 0 Å². The van der Waals surface area contributed by atoms with Gasteiger partial charge in [0.1, 0.15) is 11.5 Å². The van der Waals surface area contributed by atoms with E-state index in [0.717, 1.165) is 29.7 Å². The minimum absolute atomic E-state index is 0.225. The highest BCUT2D eigenvalue weighted by molar-refractivity contribution is 5.84. The highest BCUT2D eigenvalue weighted by atomic mass is 16.3. The zero-order chi connectivity index (χ0) is 13.6. The van der Waals surface area contributed by atoms with E-state index in [1.165, 1.54) is 0 Å². The second-order valence-electron chi connectivity index (χ2n) is 6.28. The van der Waals surface area contributed by atoms with E-state index in [0.29, 0.717) is 12.8 Å². The molecule has 1 atom stereocenters. The number of hydrogen-bond acceptors (Lipinski definition) is 3. The van der Waals surface area contributed by atoms with Crippen LogP contribution in [-0.2, 0) is 16.8 Å². The van der Waals surface area contributed by atoms with Crippen molar-refractivity contribution in [3.8, 4) is 0 Å². The Morgan fingerprint density at radius 1 is 1.22 bits per heavy atom. The van der Waals surface area contributed by atoms with Crippen LogP contribution < -0.4 is 0 Å². The number of rotatable bonds is 0. The lowest BCUT2D eigenvalue weighted by atomic mass is 9.77. The molecule has 1 heterocycles. The molecule has 0 spiro atoms. The van der Waals surface area contributed by atoms with E-state index in [2.05, 4.69) is 0 Å². The first-order chi connectivity index (χ1) is 8.24. The van der Waals surface area contributed by atoms with Crippen molar-refractivity contribution >= 4 is 5.78 Å². The molecule has 0 aliphatic heterocycles. The summed E-state index contributed by atoms with van der Waals surface area (Å²) in [4.78, 5) is 12.2. The summed E-state index contributed by atoms with van der Waals surface area (Å²) >= 11 is 0. The van der Waals surface area contributed by atoms with Gasteiger partial charge in [-0.2, -0.15) is 0 Å². The molecule has 0 saturated carbocycles. The number of aryl methyl sites for hydroxylation is 1. The minimum atomic E-state index is -0.977. The van der Waals surface area contributed by atoms with Gasteiger partial charge in [0.15, 0.2) is 0 Å². The predicted molar refractivity (Wildman–Crippen MR) is 69.4 cm³/mol. The number of Topliss-reactive ketones (excluding diaryl/α,β-unsaturated/α-hetero) is 1. The number of hydrogen-bond donors (Lipinski definition) is 1. The molecule has 1 aliphatic carbocycles. The molecule has 2 bridgehead atoms. The maximum atomic E-state index is 12.2. The van der Waals surface area contributed by atoms with Crippen molar-refractivity contribution in [2.24, 2.45) is 5.41 Å². The van der Waals surface area contributed by atoms with E-state index in [9.17, 15) is 9.90 Å². The van der Waals surface area contributed by atoms with Crippen molar-refractivity contribution < 1.29 is 14.3 Å². The lowest BCUT2D eigenvalue weighted by molar-refractivity contribution is -0.128. The molecule has 1 unspecified atom stereocenters. The normalized spacial score (nSPS) is 28.2. The van der Waals surface area contributed by atoms with E-state index in [1.54, 1.807) is 13.2 Å². The molecule has 0 saturated heterocycles. The largest absolute Gasteiger partial charge is 0.469 e. The summed E-state index contributed by atoms with van der Waals surface area (Å²) < 4.78 is 5.57. The van der Waals surface area contributed by atoms with Crippen molar-refractivity contribution in [1.29, 1.82) is 0 Å². The monoisotopic (exact) mass is 250 g/mol. The molecule has 1 aromatic heterocycles. The highest BCUT2D eigenvalue weighted by Crippen LogP contribution is 2.36. The van der Waals surface area contributed by atoms with Crippen LogP contribution in [0.5, 0.6) is 0 Å². The Labute approximate surface area is 108 Å². The summed E-state index contributed by atoms with van der Waals surface area (Å²) in [5, 5.41) is 10.5. The van der Waals surface area contributed by atoms with Gasteiger partial charge in [-0.25, -0.2) is 0 Å². The fourth-order valence-electron chi connectivity index (χ4n) is 2.63. The van der Waals surface area contributed by atoms with Gasteiger partial charge in [0, 0.05) is 23.8 Å². The maximum absolute atomic E-state index is 12.2. The summed E-state index contributed by atoms with van der Waals surface area (Å²) in [5.74, 6) is 1.12. The number of furan rings is 1. The molecule has 3 heteroatoms. The SMILES string of the molecule is Cc1c2coc1CCC(C)(C)C(=O)CCC2(C)O. The van der Waals surface area contributed by atoms with E-state index < -0.39 is 5.60 Å². The zero-order valence-electron chi connectivity index (χ0n) is 11.7. The van der Waals surface area contributed by atoms with Gasteiger partial charge in [0.2, 0.25) is 0 Å². The maximum Gasteiger partial charge on any atom is 0.138 e. The van der Waals surface area contributed by atoms with E-state index in [1.807, 2.05) is 20.8 Å². The molecule has 1 aliphatic rings. The molecule has 18 heavy (non-hydrogen) atoms. The van der Waals surface area contributed by atoms with Crippen LogP contribution in [0.4, 0.5) is 0 Å². The third-order valence-corrected chi connectivity index (χ3v) is 4.29. The number of carbonyl (C=O) groups excluding carboxylic acids is 1. The second kappa shape index (κ2) is 4.23. The van der Waals surface area contributed by atoms with Crippen LogP contribution in [0.3, 0.4) is 0 Å². The number of fused-ring (bicyclic) bond motifs is 2. The topological polar surface area (TPSA) is 50.4 Å². The molecule has 1 N–H and O–H groups in total. The first kappa shape index (κ1) is 13.3. The number of ketones is 1. The van der Waals surface area contributed by atoms with Crippen LogP contribution in [-0.4, -0.2) is 10.9 Å². The summed E-state index contributed by atoms with van der Waals surface area (Å²) in [7, 11) is 0. The van der Waals surface area contributed by atoms with Crippen molar-refractivity contribution in [1.82, 2.24) is 0 Å². The lowest BCUT2D eigenvalue weighted by Gasteiger charge is -2.28. The van der Waals surface area contributed by atoms with Gasteiger partial charge >= 0.3 is 0 Å². The van der Waals surface area contributed by atoms with E-state index in [-0.39, 0.29) is 11.2 Å². The van der Waals surface area contributed by atoms with E-state index >= 15 is 0 Å². The van der Waals surface area contributed by atoms with Crippen molar-refractivity contribution in [2.75, 3.05) is 0 Å². The zero-order valence-corrected chi connectivity index (χ0v) is 11.7. The van der Waals surface area contributed by atoms with Crippen LogP contribution >= 0.6 is 0 Å². The summed E-state index contributed by atoms with van der Waals surface area (Å²) in [5.41, 5.74) is 0.539. The Balaban J connectivity index is 2.42. The van der Waals surface area contributed by atoms with Gasteiger partial charge in [-0.05, 0) is 32.3 Å². The Morgan fingerprint density at radius 2 is 1.89 bits per heavy atom. The fourth-order valence-corrected chi connectivity index (χ4v) is 2.63. The first-order valence-electron chi connectivity index (χ1n) is 6.57. The Hall–Kier alpha value is -1.09. The molecule has 3 nitrogen and oxygen atoms in total. The van der Waals surface area contributed by atoms with Crippen molar-refractivity contribution in [2.45, 2.75) is 59.0 Å². The third kappa shape index (κ3) is 2.24. The summed E-state index contributed by atoms with van der Waals surface area (Å²) in [6, 6.07) is 0. The molecule has 0 amide bonds. The average molecular weight is 250 g/mol. The molecule has 0 aromatic carbocycles. The molecule has 100 valence electrons. The fraction of sp³-hybridized carbons (Fsp3) is 0.667. The Bertz CT molecular complexity index is 466. The van der Waals surface area contributed by atoms with Gasteiger partial charge in [0.05, 0.1) is 11.9 Å². The summed E-state index contributed by atoms with van der Waals surface area (Å²) in [6.45, 7) is 7.70. The molecule has 2 rings (SSSR count). The predicted octanol–water partition coefficient (Wildman–Crippen LogP) is 3.12. The van der Waals surface area contributed by atoms with Gasteiger partial charge in [-0.15, -0.1) is 0 Å². The number of aliphatic hydroxyl groups is 1. The van der Waals surface area contributed by atoms with Crippen LogP contribution in [0.15, 0.2) is 10.7 Å². The minimum Gasteiger partial charge on any atom is -0.469 e. The average Bonchev–Trinajstić information content (AvgIpc) is 2.64. The molecular weight excluding hydrogens is 228 g/mol. The lowest BCUT2D eigenvalue weighted by Crippen LogP contribution is -2.30. The standard InChI is InChI=1S/C15H22O3/c1-10-11-9-18-12(10)5-7-14(2,3)13(16)6-8-15(11,4)17/h9,17H,5-8H2,1-4H3. The van der Waals surface area contributed by atoms with Crippen LogP contribution in [0, 0.1) is 12.3 Å². The third-order valence-electron chi connectivity index (χ3n) is 4.29. The smallest absolute Gasteiger partial charge is 0.138 e. The highest BCUT2D eigenvalue weighted by Gasteiger charge is 2.34. The van der Waals surface area contributed by atoms with Gasteiger partial charge in [-0.3, -0.25) is 4.79 Å². The number of carbonyl (C=O) groups is 1. The van der Waals surface area contributed by atoms with Gasteiger partial charge < -0.3 is 9.52 Å². The quantitative estimate of drug-likeness (QED) is 0.769. The van der Waals surface area contributed by atoms with Gasteiger partial charge in [-0.1, -0.05) is 13.8 Å². The molecule has 1 aromatic rings. The molecular formula is C15H22O3. The second-order valence-corrected chi connectivity index (χ2v) is 6.28. The Kier molecular flexibility index (Phi) is 3.14. The molecule has 0 fully saturated rings. The first-order valence-corrected chi connectivity index (χ1v) is 6.57. The molecule has 0 radical (unpaired) electrons. The van der Waals surface area contributed by atoms with Crippen LogP contribution in [0.2, 0.25) is 0 Å². The Morgan fingerprint density at radius 3 is 2.56 bits per heavy atom. The summed E-state index contributed by atoms with van der Waals surface area (Å²) in [6.07, 6.45) is 4.06. The van der Waals surface area contributed by atoms with Crippen molar-refractivity contribution in [3.05, 3.63) is 23.2 Å². The van der Waals surface area contributed by atoms with Crippen molar-refractivity contribution in [3.63, 3.8) is 0 Å². The van der Waals surface area contributed by atoms with E-state index in [4.69, 9.17) is 4.42 Å². The van der Waals surface area contributed by atoms with Crippen LogP contribution in [0.1, 0.15) is 56.9 Å².